The number of benzene rings is 3. The van der Waals surface area contributed by atoms with Gasteiger partial charge in [0.15, 0.2) is 0 Å². The van der Waals surface area contributed by atoms with Crippen molar-refractivity contribution in [3.8, 4) is 0 Å². The summed E-state index contributed by atoms with van der Waals surface area (Å²) in [5, 5.41) is 15.0. The van der Waals surface area contributed by atoms with Crippen LogP contribution in [0.3, 0.4) is 0 Å². The van der Waals surface area contributed by atoms with Crippen molar-refractivity contribution < 1.29 is 5.11 Å². The molecule has 0 saturated heterocycles. The monoisotopic (exact) mass is 234 g/mol. The molecule has 3 aromatic rings. The lowest BCUT2D eigenvalue weighted by Gasteiger charge is -2.08. The van der Waals surface area contributed by atoms with Crippen molar-refractivity contribution in [3.63, 3.8) is 0 Å². The van der Waals surface area contributed by atoms with Crippen LogP contribution in [-0.4, -0.2) is 11.2 Å². The first kappa shape index (κ1) is 10.1. The van der Waals surface area contributed by atoms with Crippen LogP contribution in [0.2, 0.25) is 0 Å². The predicted molar refractivity (Wildman–Crippen MR) is 74.9 cm³/mol. The van der Waals surface area contributed by atoms with E-state index < -0.39 is 0 Å². The Kier molecular flexibility index (Phi) is 2.00. The highest BCUT2D eigenvalue weighted by Gasteiger charge is 2.21. The van der Waals surface area contributed by atoms with Gasteiger partial charge < -0.3 is 5.11 Å². The van der Waals surface area contributed by atoms with E-state index in [1.54, 1.807) is 0 Å². The Morgan fingerprint density at radius 3 is 2.56 bits per heavy atom. The van der Waals surface area contributed by atoms with Gasteiger partial charge in [0.05, 0.1) is 6.10 Å². The summed E-state index contributed by atoms with van der Waals surface area (Å²) < 4.78 is 0. The Hall–Kier alpha value is -1.86. The standard InChI is InChI=1S/C17H14O/c18-13-9-12-6-8-15-14-4-2-1-3-11(14)5-7-16(15)17(12)10-13/h1-8,13,18H,9-10H2. The van der Waals surface area contributed by atoms with Crippen molar-refractivity contribution >= 4 is 21.5 Å². The number of aliphatic hydroxyl groups excluding tert-OH is 1. The van der Waals surface area contributed by atoms with E-state index in [0.717, 1.165) is 12.8 Å². The number of aliphatic hydroxyl groups is 1. The normalized spacial score (nSPS) is 18.4. The third-order valence-corrected chi connectivity index (χ3v) is 4.03. The Morgan fingerprint density at radius 1 is 0.778 bits per heavy atom. The highest BCUT2D eigenvalue weighted by molar-refractivity contribution is 6.08. The van der Waals surface area contributed by atoms with Gasteiger partial charge in [-0.15, -0.1) is 0 Å². The molecule has 0 radical (unpaired) electrons. The maximum atomic E-state index is 9.82. The van der Waals surface area contributed by atoms with Gasteiger partial charge in [0.2, 0.25) is 0 Å². The number of hydrogen-bond acceptors (Lipinski definition) is 1. The molecule has 18 heavy (non-hydrogen) atoms. The molecule has 4 rings (SSSR count). The van der Waals surface area contributed by atoms with Gasteiger partial charge in [-0.1, -0.05) is 48.5 Å². The van der Waals surface area contributed by atoms with E-state index >= 15 is 0 Å². The van der Waals surface area contributed by atoms with E-state index in [0.29, 0.717) is 0 Å². The van der Waals surface area contributed by atoms with Crippen LogP contribution in [0.5, 0.6) is 0 Å². The molecule has 0 spiro atoms. The summed E-state index contributed by atoms with van der Waals surface area (Å²) in [5.41, 5.74) is 2.65. The van der Waals surface area contributed by atoms with Crippen LogP contribution in [0.1, 0.15) is 11.1 Å². The maximum absolute atomic E-state index is 9.82. The molecule has 0 fully saturated rings. The lowest BCUT2D eigenvalue weighted by Crippen LogP contribution is -2.03. The fraction of sp³-hybridized carbons (Fsp3) is 0.176. The third kappa shape index (κ3) is 1.31. The highest BCUT2D eigenvalue weighted by Crippen LogP contribution is 2.33. The Labute approximate surface area is 106 Å². The molecular formula is C17H14O. The summed E-state index contributed by atoms with van der Waals surface area (Å²) in [6.07, 6.45) is 1.40. The van der Waals surface area contributed by atoms with Gasteiger partial charge in [-0.3, -0.25) is 0 Å². The van der Waals surface area contributed by atoms with Gasteiger partial charge in [-0.2, -0.15) is 0 Å². The average Bonchev–Trinajstić information content (AvgIpc) is 2.79. The second-order valence-electron chi connectivity index (χ2n) is 5.15. The minimum atomic E-state index is -0.197. The quantitative estimate of drug-likeness (QED) is 0.591. The van der Waals surface area contributed by atoms with Gasteiger partial charge in [-0.25, -0.2) is 0 Å². The number of fused-ring (bicyclic) bond motifs is 5. The Morgan fingerprint density at radius 2 is 1.61 bits per heavy atom. The summed E-state index contributed by atoms with van der Waals surface area (Å²) in [6, 6.07) is 17.3. The largest absolute Gasteiger partial charge is 0.392 e. The predicted octanol–water partition coefficient (Wildman–Crippen LogP) is 3.45. The topological polar surface area (TPSA) is 20.2 Å². The second-order valence-corrected chi connectivity index (χ2v) is 5.15. The van der Waals surface area contributed by atoms with Crippen LogP contribution in [0.25, 0.3) is 21.5 Å². The summed E-state index contributed by atoms with van der Waals surface area (Å²) in [4.78, 5) is 0. The summed E-state index contributed by atoms with van der Waals surface area (Å²) in [7, 11) is 0. The highest BCUT2D eigenvalue weighted by atomic mass is 16.3. The van der Waals surface area contributed by atoms with Crippen LogP contribution < -0.4 is 0 Å². The van der Waals surface area contributed by atoms with Gasteiger partial charge in [-0.05, 0) is 45.5 Å². The van der Waals surface area contributed by atoms with E-state index in [4.69, 9.17) is 0 Å². The van der Waals surface area contributed by atoms with Crippen molar-refractivity contribution in [2.45, 2.75) is 18.9 Å². The lowest BCUT2D eigenvalue weighted by molar-refractivity contribution is 0.187. The zero-order valence-electron chi connectivity index (χ0n) is 10.1. The molecule has 0 heterocycles. The first-order valence-corrected chi connectivity index (χ1v) is 6.43. The summed E-state index contributed by atoms with van der Waals surface area (Å²) in [6.45, 7) is 0. The molecule has 0 aromatic heterocycles. The molecule has 1 heteroatoms. The fourth-order valence-electron chi connectivity index (χ4n) is 3.19. The zero-order chi connectivity index (χ0) is 12.1. The molecule has 0 amide bonds. The van der Waals surface area contributed by atoms with Crippen LogP contribution in [0, 0.1) is 0 Å². The lowest BCUT2D eigenvalue weighted by atomic mass is 9.96. The van der Waals surface area contributed by atoms with Crippen molar-refractivity contribution in [2.75, 3.05) is 0 Å². The second kappa shape index (κ2) is 3.56. The molecule has 3 aromatic carbocycles. The van der Waals surface area contributed by atoms with Crippen molar-refractivity contribution in [3.05, 3.63) is 59.7 Å². The minimum absolute atomic E-state index is 0.197. The summed E-state index contributed by atoms with van der Waals surface area (Å²) >= 11 is 0. The Balaban J connectivity index is 2.14. The van der Waals surface area contributed by atoms with E-state index in [9.17, 15) is 5.11 Å². The van der Waals surface area contributed by atoms with Crippen LogP contribution in [0.15, 0.2) is 48.5 Å². The van der Waals surface area contributed by atoms with Crippen LogP contribution >= 0.6 is 0 Å². The molecule has 1 aliphatic rings. The smallest absolute Gasteiger partial charge is 0.0621 e. The molecule has 0 saturated carbocycles. The molecule has 1 nitrogen and oxygen atoms in total. The van der Waals surface area contributed by atoms with Gasteiger partial charge in [0.25, 0.3) is 0 Å². The van der Waals surface area contributed by atoms with E-state index in [1.807, 2.05) is 0 Å². The van der Waals surface area contributed by atoms with E-state index in [1.165, 1.54) is 32.7 Å². The van der Waals surface area contributed by atoms with Crippen molar-refractivity contribution in [1.29, 1.82) is 0 Å². The SMILES string of the molecule is OC1Cc2ccc3c(ccc4ccccc43)c2C1. The fourth-order valence-corrected chi connectivity index (χ4v) is 3.19. The molecule has 1 N–H and O–H groups in total. The molecular weight excluding hydrogens is 220 g/mol. The number of hydrogen-bond donors (Lipinski definition) is 1. The van der Waals surface area contributed by atoms with E-state index in [-0.39, 0.29) is 6.10 Å². The van der Waals surface area contributed by atoms with Crippen LogP contribution in [-0.2, 0) is 12.8 Å². The average molecular weight is 234 g/mol. The van der Waals surface area contributed by atoms with Crippen molar-refractivity contribution in [1.82, 2.24) is 0 Å². The zero-order valence-corrected chi connectivity index (χ0v) is 10.1. The molecule has 0 bridgehead atoms. The molecule has 1 unspecified atom stereocenters. The number of rotatable bonds is 0. The van der Waals surface area contributed by atoms with Crippen LogP contribution in [0.4, 0.5) is 0 Å². The van der Waals surface area contributed by atoms with Crippen molar-refractivity contribution in [2.24, 2.45) is 0 Å². The first-order valence-electron chi connectivity index (χ1n) is 6.43. The Bertz CT molecular complexity index is 758. The van der Waals surface area contributed by atoms with Gasteiger partial charge in [0.1, 0.15) is 0 Å². The van der Waals surface area contributed by atoms with Gasteiger partial charge >= 0.3 is 0 Å². The summed E-state index contributed by atoms with van der Waals surface area (Å²) in [5.74, 6) is 0. The maximum Gasteiger partial charge on any atom is 0.0621 e. The third-order valence-electron chi connectivity index (χ3n) is 4.03. The molecule has 88 valence electrons. The minimum Gasteiger partial charge on any atom is -0.392 e. The molecule has 1 atom stereocenters. The molecule has 0 aliphatic heterocycles. The first-order chi connectivity index (χ1) is 8.83. The van der Waals surface area contributed by atoms with E-state index in [2.05, 4.69) is 48.5 Å². The molecule has 1 aliphatic carbocycles. The van der Waals surface area contributed by atoms with Gasteiger partial charge in [0, 0.05) is 0 Å².